The molecule has 1 N–H and O–H groups in total. The highest BCUT2D eigenvalue weighted by atomic mass is 32.2. The van der Waals surface area contributed by atoms with Crippen LogP contribution >= 0.6 is 0 Å². The molecule has 1 heterocycles. The number of nitrogens with zero attached hydrogens (tertiary/aromatic N) is 1. The zero-order valence-corrected chi connectivity index (χ0v) is 15.3. The molecule has 1 aromatic rings. The summed E-state index contributed by atoms with van der Waals surface area (Å²) in [6, 6.07) is 6.04. The van der Waals surface area contributed by atoms with Crippen molar-refractivity contribution in [3.63, 3.8) is 0 Å². The maximum Gasteiger partial charge on any atom is 0.251 e. The first-order valence-electron chi connectivity index (χ1n) is 8.44. The number of amides is 1. The van der Waals surface area contributed by atoms with E-state index in [1.807, 2.05) is 0 Å². The lowest BCUT2D eigenvalue weighted by Crippen LogP contribution is -2.49. The van der Waals surface area contributed by atoms with Gasteiger partial charge in [0.05, 0.1) is 30.3 Å². The van der Waals surface area contributed by atoms with E-state index in [-0.39, 0.29) is 29.1 Å². The van der Waals surface area contributed by atoms with Crippen molar-refractivity contribution < 1.29 is 22.7 Å². The Morgan fingerprint density at radius 3 is 2.36 bits per heavy atom. The minimum Gasteiger partial charge on any atom is -0.373 e. The van der Waals surface area contributed by atoms with Gasteiger partial charge in [-0.25, -0.2) is 12.7 Å². The van der Waals surface area contributed by atoms with Crippen molar-refractivity contribution in [3.05, 3.63) is 29.8 Å². The third-order valence-corrected chi connectivity index (χ3v) is 6.54. The fourth-order valence-corrected chi connectivity index (χ4v) is 4.16. The smallest absolute Gasteiger partial charge is 0.251 e. The molecule has 3 rings (SSSR count). The van der Waals surface area contributed by atoms with Crippen LogP contribution in [0.4, 0.5) is 0 Å². The van der Waals surface area contributed by atoms with Crippen LogP contribution in [-0.2, 0) is 19.5 Å². The van der Waals surface area contributed by atoms with Gasteiger partial charge in [-0.15, -0.1) is 0 Å². The van der Waals surface area contributed by atoms with E-state index in [1.54, 1.807) is 0 Å². The number of rotatable bonds is 4. The van der Waals surface area contributed by atoms with E-state index in [4.69, 9.17) is 9.47 Å². The number of hydrogen-bond acceptors (Lipinski definition) is 5. The molecule has 2 aliphatic rings. The van der Waals surface area contributed by atoms with Crippen LogP contribution in [0.5, 0.6) is 0 Å². The van der Waals surface area contributed by atoms with Gasteiger partial charge >= 0.3 is 0 Å². The van der Waals surface area contributed by atoms with E-state index in [0.717, 1.165) is 23.6 Å². The minimum atomic E-state index is -3.49. The quantitative estimate of drug-likeness (QED) is 0.857. The lowest BCUT2D eigenvalue weighted by atomic mass is 9.89. The largest absolute Gasteiger partial charge is 0.373 e. The fraction of sp³-hybridized carbons (Fsp3) is 0.588. The fourth-order valence-electron chi connectivity index (χ4n) is 3.26. The molecule has 3 atom stereocenters. The van der Waals surface area contributed by atoms with Crippen LogP contribution in [0.1, 0.15) is 29.6 Å². The molecule has 3 unspecified atom stereocenters. The van der Waals surface area contributed by atoms with Gasteiger partial charge < -0.3 is 14.8 Å². The summed E-state index contributed by atoms with van der Waals surface area (Å²) in [4.78, 5) is 12.6. The van der Waals surface area contributed by atoms with Crippen molar-refractivity contribution in [1.82, 2.24) is 9.62 Å². The Morgan fingerprint density at radius 2 is 1.72 bits per heavy atom. The molecular formula is C17H24N2O5S. The molecule has 7 nitrogen and oxygen atoms in total. The predicted molar refractivity (Wildman–Crippen MR) is 91.9 cm³/mol. The summed E-state index contributed by atoms with van der Waals surface area (Å²) in [6.45, 7) is 1.24. The number of hydrogen-bond donors (Lipinski definition) is 1. The zero-order chi connectivity index (χ0) is 18.0. The Kier molecular flexibility index (Phi) is 5.43. The molecule has 0 aromatic heterocycles. The Balaban J connectivity index is 1.62. The maximum absolute atomic E-state index is 12.4. The third kappa shape index (κ3) is 4.03. The van der Waals surface area contributed by atoms with Crippen LogP contribution in [-0.4, -0.2) is 64.2 Å². The molecule has 1 aliphatic carbocycles. The second-order valence-electron chi connectivity index (χ2n) is 6.61. The van der Waals surface area contributed by atoms with Gasteiger partial charge in [-0.1, -0.05) is 0 Å². The summed E-state index contributed by atoms with van der Waals surface area (Å²) in [5.74, 6) is -0.200. The summed E-state index contributed by atoms with van der Waals surface area (Å²) in [5, 5.41) is 3.01. The summed E-state index contributed by atoms with van der Waals surface area (Å²) in [5.41, 5.74) is 0.445. The second kappa shape index (κ2) is 7.41. The predicted octanol–water partition coefficient (Wildman–Crippen LogP) is 1.00. The maximum atomic E-state index is 12.4. The molecule has 0 bridgehead atoms. The molecule has 1 saturated heterocycles. The van der Waals surface area contributed by atoms with Gasteiger partial charge in [0.15, 0.2) is 0 Å². The number of ether oxygens (including phenoxy) is 2. The van der Waals surface area contributed by atoms with Gasteiger partial charge in [0, 0.05) is 25.7 Å². The van der Waals surface area contributed by atoms with Crippen molar-refractivity contribution in [2.45, 2.75) is 42.4 Å². The standard InChI is InChI=1S/C17H24N2O5S/c1-19(2)25(21,22)14-6-3-12(4-7-14)17(20)18-13-5-8-15-16(11-13)24-10-9-23-15/h3-4,6-7,13,15-16H,5,8-11H2,1-2H3,(H,18,20). The van der Waals surface area contributed by atoms with Gasteiger partial charge in [-0.3, -0.25) is 4.79 Å². The van der Waals surface area contributed by atoms with Crippen molar-refractivity contribution in [3.8, 4) is 0 Å². The molecule has 25 heavy (non-hydrogen) atoms. The van der Waals surface area contributed by atoms with E-state index in [1.165, 1.54) is 38.4 Å². The number of benzene rings is 1. The van der Waals surface area contributed by atoms with Crippen molar-refractivity contribution in [2.24, 2.45) is 0 Å². The lowest BCUT2D eigenvalue weighted by Gasteiger charge is -2.39. The molecule has 138 valence electrons. The molecule has 1 saturated carbocycles. The molecule has 1 amide bonds. The Morgan fingerprint density at radius 1 is 1.08 bits per heavy atom. The van der Waals surface area contributed by atoms with Gasteiger partial charge in [0.1, 0.15) is 0 Å². The van der Waals surface area contributed by atoms with Crippen LogP contribution in [0.3, 0.4) is 0 Å². The number of fused-ring (bicyclic) bond motifs is 1. The number of carbonyl (C=O) groups is 1. The van der Waals surface area contributed by atoms with Crippen molar-refractivity contribution >= 4 is 15.9 Å². The monoisotopic (exact) mass is 368 g/mol. The SMILES string of the molecule is CN(C)S(=O)(=O)c1ccc(C(=O)NC2CCC3OCCOC3C2)cc1. The summed E-state index contributed by atoms with van der Waals surface area (Å²) in [6.07, 6.45) is 2.64. The lowest BCUT2D eigenvalue weighted by molar-refractivity contribution is -0.157. The van der Waals surface area contributed by atoms with E-state index in [2.05, 4.69) is 5.32 Å². The molecule has 0 spiro atoms. The second-order valence-corrected chi connectivity index (χ2v) is 8.77. The van der Waals surface area contributed by atoms with Crippen molar-refractivity contribution in [1.29, 1.82) is 0 Å². The average molecular weight is 368 g/mol. The Bertz CT molecular complexity index is 717. The zero-order valence-electron chi connectivity index (χ0n) is 14.5. The molecule has 2 fully saturated rings. The van der Waals surface area contributed by atoms with Gasteiger partial charge in [0.25, 0.3) is 5.91 Å². The number of carbonyl (C=O) groups excluding carboxylic acids is 1. The van der Waals surface area contributed by atoms with E-state index in [9.17, 15) is 13.2 Å². The molecule has 8 heteroatoms. The van der Waals surface area contributed by atoms with Crippen LogP contribution in [0, 0.1) is 0 Å². The Labute approximate surface area is 148 Å². The van der Waals surface area contributed by atoms with Crippen LogP contribution in [0.2, 0.25) is 0 Å². The molecule has 1 aliphatic heterocycles. The van der Waals surface area contributed by atoms with E-state index < -0.39 is 10.0 Å². The summed E-state index contributed by atoms with van der Waals surface area (Å²) >= 11 is 0. The summed E-state index contributed by atoms with van der Waals surface area (Å²) in [7, 11) is -0.538. The van der Waals surface area contributed by atoms with E-state index in [0.29, 0.717) is 18.8 Å². The van der Waals surface area contributed by atoms with Gasteiger partial charge in [0.2, 0.25) is 10.0 Å². The first-order valence-corrected chi connectivity index (χ1v) is 9.88. The third-order valence-electron chi connectivity index (χ3n) is 4.71. The first-order chi connectivity index (χ1) is 11.9. The van der Waals surface area contributed by atoms with Gasteiger partial charge in [-0.2, -0.15) is 0 Å². The number of nitrogens with one attached hydrogen (secondary N) is 1. The van der Waals surface area contributed by atoms with E-state index >= 15 is 0 Å². The van der Waals surface area contributed by atoms with Crippen molar-refractivity contribution in [2.75, 3.05) is 27.3 Å². The minimum absolute atomic E-state index is 0.0420. The molecule has 0 radical (unpaired) electrons. The topological polar surface area (TPSA) is 84.9 Å². The van der Waals surface area contributed by atoms with Crippen LogP contribution in [0.25, 0.3) is 0 Å². The normalized spacial score (nSPS) is 26.9. The molecular weight excluding hydrogens is 344 g/mol. The molecule has 1 aromatic carbocycles. The highest BCUT2D eigenvalue weighted by Crippen LogP contribution is 2.27. The highest BCUT2D eigenvalue weighted by Gasteiger charge is 2.34. The van der Waals surface area contributed by atoms with Crippen LogP contribution in [0.15, 0.2) is 29.2 Å². The summed E-state index contributed by atoms with van der Waals surface area (Å²) < 4.78 is 36.7. The highest BCUT2D eigenvalue weighted by molar-refractivity contribution is 7.89. The first kappa shape index (κ1) is 18.3. The van der Waals surface area contributed by atoms with Crippen LogP contribution < -0.4 is 5.32 Å². The Hall–Kier alpha value is -1.48. The van der Waals surface area contributed by atoms with Gasteiger partial charge in [-0.05, 0) is 43.5 Å². The average Bonchev–Trinajstić information content (AvgIpc) is 2.61. The number of sulfonamides is 1.